The van der Waals surface area contributed by atoms with Gasteiger partial charge in [0.2, 0.25) is 0 Å². The minimum Gasteiger partial charge on any atom is -0.756 e. The summed E-state index contributed by atoms with van der Waals surface area (Å²) in [6.45, 7) is 2.56. The van der Waals surface area contributed by atoms with Crippen LogP contribution in [0.1, 0.15) is 194 Å². The minimum absolute atomic E-state index is 0. The molecule has 296 valence electrons. The van der Waals surface area contributed by atoms with Gasteiger partial charge in [0.05, 0.1) is 25.2 Å². The largest absolute Gasteiger partial charge is 1.00 e. The molecule has 0 aliphatic rings. The number of ether oxygens (including phenoxy) is 2. The molecule has 0 radical (unpaired) electrons. The van der Waals surface area contributed by atoms with Crippen LogP contribution >= 0.6 is 7.82 Å². The van der Waals surface area contributed by atoms with Crippen molar-refractivity contribution in [2.45, 2.75) is 206 Å². The average molecular weight is 780 g/mol. The molecule has 0 aromatic heterocycles. The molecule has 14 heteroatoms. The molecule has 0 aliphatic heterocycles. The first kappa shape index (κ1) is 56.8. The second-order valence-electron chi connectivity index (χ2n) is 13.7. The second kappa shape index (κ2) is 41.1. The number of aliphatic carboxylic acids is 1. The summed E-state index contributed by atoms with van der Waals surface area (Å²) in [5, 5.41) is 10.7. The summed E-state index contributed by atoms with van der Waals surface area (Å²) in [5.41, 5.74) is 5.23. The maximum atomic E-state index is 12.5. The Morgan fingerprint density at radius 1 is 0.538 bits per heavy atom. The van der Waals surface area contributed by atoms with E-state index in [0.717, 1.165) is 38.5 Å². The molecule has 0 rings (SSSR count). The standard InChI is InChI=1S/C38H74NO10P.2Na/c1-3-5-7-9-11-13-15-17-19-21-23-25-27-29-36(40)46-31-34(32-47-50(44,45)48-33-35(39)38(42)43)49-37(41)30-28-26-24-22-20-18-16-14-12-10-8-6-4-2;;/h34-35H,3-33,39H2,1-2H3,(H,42,43)(H,44,45);;/q;2*+1/p-2. The zero-order valence-corrected chi connectivity index (χ0v) is 38.6. The third kappa shape index (κ3) is 40.2. The molecule has 0 aliphatic carbocycles. The summed E-state index contributed by atoms with van der Waals surface area (Å²) in [7, 11) is -4.98. The van der Waals surface area contributed by atoms with Gasteiger partial charge in [-0.3, -0.25) is 14.2 Å². The number of carbonyl (C=O) groups excluding carboxylic acids is 3. The van der Waals surface area contributed by atoms with E-state index in [0.29, 0.717) is 12.8 Å². The smallest absolute Gasteiger partial charge is 0.756 e. The first-order valence-corrected chi connectivity index (χ1v) is 21.5. The monoisotopic (exact) mass is 779 g/mol. The molecule has 3 atom stereocenters. The molecule has 0 aromatic rings. The summed E-state index contributed by atoms with van der Waals surface area (Å²) >= 11 is 0. The van der Waals surface area contributed by atoms with Crippen LogP contribution in [0.4, 0.5) is 0 Å². The van der Waals surface area contributed by atoms with Crippen molar-refractivity contribution in [2.24, 2.45) is 5.73 Å². The SMILES string of the molecule is CCCCCCCCCCCCCCCC(=O)OCC(COP(=O)([O-])OCC(N)C(=O)[O-])OC(=O)CCCCCCCCCCCCCCC.[Na+].[Na+]. The van der Waals surface area contributed by atoms with E-state index in [1.54, 1.807) is 0 Å². The molecule has 0 amide bonds. The molecule has 3 unspecified atom stereocenters. The Hall–Kier alpha value is 0.480. The third-order valence-electron chi connectivity index (χ3n) is 8.83. The van der Waals surface area contributed by atoms with Crippen LogP contribution in [-0.2, 0) is 37.5 Å². The van der Waals surface area contributed by atoms with E-state index in [9.17, 15) is 28.9 Å². The number of esters is 2. The Bertz CT molecular complexity index is 887. The number of phosphoric ester groups is 1. The Kier molecular flexibility index (Phi) is 44.9. The topological polar surface area (TPSA) is 177 Å². The van der Waals surface area contributed by atoms with Crippen LogP contribution < -0.4 is 74.8 Å². The van der Waals surface area contributed by atoms with Gasteiger partial charge >= 0.3 is 71.1 Å². The quantitative estimate of drug-likeness (QED) is 0.0420. The zero-order valence-electron chi connectivity index (χ0n) is 33.7. The molecule has 2 N–H and O–H groups in total. The van der Waals surface area contributed by atoms with Crippen molar-refractivity contribution in [1.82, 2.24) is 0 Å². The van der Waals surface area contributed by atoms with Crippen LogP contribution in [0.3, 0.4) is 0 Å². The fourth-order valence-corrected chi connectivity index (χ4v) is 6.41. The minimum atomic E-state index is -4.98. The van der Waals surface area contributed by atoms with Crippen LogP contribution in [0.25, 0.3) is 0 Å². The maximum absolute atomic E-state index is 12.5. The van der Waals surface area contributed by atoms with Gasteiger partial charge in [-0.25, -0.2) is 0 Å². The van der Waals surface area contributed by atoms with Gasteiger partial charge in [0, 0.05) is 12.8 Å². The number of unbranched alkanes of at least 4 members (excludes halogenated alkanes) is 24. The van der Waals surface area contributed by atoms with Crippen LogP contribution in [0.5, 0.6) is 0 Å². The molecule has 0 spiro atoms. The van der Waals surface area contributed by atoms with Gasteiger partial charge in [-0.15, -0.1) is 0 Å². The van der Waals surface area contributed by atoms with E-state index in [-0.39, 0.29) is 78.6 Å². The normalized spacial score (nSPS) is 13.3. The molecule has 0 bridgehead atoms. The van der Waals surface area contributed by atoms with E-state index >= 15 is 0 Å². The first-order chi connectivity index (χ1) is 24.1. The summed E-state index contributed by atoms with van der Waals surface area (Å²) in [6.07, 6.45) is 29.9. The van der Waals surface area contributed by atoms with Crippen molar-refractivity contribution in [2.75, 3.05) is 19.8 Å². The van der Waals surface area contributed by atoms with Gasteiger partial charge in [0.15, 0.2) is 6.10 Å². The fourth-order valence-electron chi connectivity index (χ4n) is 5.64. The number of carbonyl (C=O) groups is 3. The van der Waals surface area contributed by atoms with E-state index in [1.165, 1.54) is 116 Å². The molecule has 11 nitrogen and oxygen atoms in total. The summed E-state index contributed by atoms with van der Waals surface area (Å²) in [6, 6.07) is -1.67. The predicted octanol–water partition coefficient (Wildman–Crippen LogP) is 1.99. The van der Waals surface area contributed by atoms with E-state index < -0.39 is 51.1 Å². The molecule has 52 heavy (non-hydrogen) atoms. The van der Waals surface area contributed by atoms with E-state index in [4.69, 9.17) is 19.7 Å². The first-order valence-electron chi connectivity index (χ1n) is 20.0. The Balaban J connectivity index is -0.0000120. The van der Waals surface area contributed by atoms with Crippen LogP contribution in [-0.4, -0.2) is 49.9 Å². The van der Waals surface area contributed by atoms with Crippen molar-refractivity contribution in [3.8, 4) is 0 Å². The van der Waals surface area contributed by atoms with Crippen molar-refractivity contribution < 1.29 is 107 Å². The number of hydrogen-bond acceptors (Lipinski definition) is 11. The number of carboxylic acids is 1. The maximum Gasteiger partial charge on any atom is 1.00 e. The average Bonchev–Trinajstić information content (AvgIpc) is 3.09. The van der Waals surface area contributed by atoms with Crippen LogP contribution in [0, 0.1) is 0 Å². The van der Waals surface area contributed by atoms with Crippen molar-refractivity contribution in [1.29, 1.82) is 0 Å². The Morgan fingerprint density at radius 3 is 1.23 bits per heavy atom. The molecule has 0 saturated heterocycles. The van der Waals surface area contributed by atoms with Crippen LogP contribution in [0.15, 0.2) is 0 Å². The summed E-state index contributed by atoms with van der Waals surface area (Å²) < 4.78 is 32.1. The molecular formula is C38H72NNa2O10P. The van der Waals surface area contributed by atoms with Gasteiger partial charge in [-0.05, 0) is 12.8 Å². The van der Waals surface area contributed by atoms with Gasteiger partial charge < -0.3 is 39.0 Å². The Morgan fingerprint density at radius 2 is 0.865 bits per heavy atom. The Labute approximate surface area is 360 Å². The van der Waals surface area contributed by atoms with Gasteiger partial charge in [0.1, 0.15) is 6.61 Å². The molecular weight excluding hydrogens is 707 g/mol. The van der Waals surface area contributed by atoms with Gasteiger partial charge in [-0.1, -0.05) is 168 Å². The summed E-state index contributed by atoms with van der Waals surface area (Å²) in [4.78, 5) is 47.8. The van der Waals surface area contributed by atoms with Crippen molar-refractivity contribution in [3.63, 3.8) is 0 Å². The molecule has 0 saturated carbocycles. The molecule has 0 fully saturated rings. The predicted molar refractivity (Wildman–Crippen MR) is 194 cm³/mol. The van der Waals surface area contributed by atoms with Crippen LogP contribution in [0.2, 0.25) is 0 Å². The number of hydrogen-bond donors (Lipinski definition) is 1. The van der Waals surface area contributed by atoms with Crippen molar-refractivity contribution >= 4 is 25.7 Å². The van der Waals surface area contributed by atoms with Gasteiger partial charge in [-0.2, -0.15) is 0 Å². The number of phosphoric acid groups is 1. The number of nitrogens with two attached hydrogens (primary N) is 1. The zero-order chi connectivity index (χ0) is 37.1. The number of carboxylic acid groups (broad SMARTS) is 1. The number of rotatable bonds is 38. The van der Waals surface area contributed by atoms with Gasteiger partial charge in [0.25, 0.3) is 7.82 Å². The second-order valence-corrected chi connectivity index (χ2v) is 15.2. The third-order valence-corrected chi connectivity index (χ3v) is 9.76. The molecule has 0 aromatic carbocycles. The van der Waals surface area contributed by atoms with E-state index in [2.05, 4.69) is 18.4 Å². The summed E-state index contributed by atoms with van der Waals surface area (Å²) in [5.74, 6) is -2.69. The molecule has 0 heterocycles. The fraction of sp³-hybridized carbons (Fsp3) is 0.921. The van der Waals surface area contributed by atoms with E-state index in [1.807, 2.05) is 0 Å². The van der Waals surface area contributed by atoms with Crippen molar-refractivity contribution in [3.05, 3.63) is 0 Å².